The van der Waals surface area contributed by atoms with Gasteiger partial charge in [0.05, 0.1) is 19.3 Å². The number of piperidine rings is 1. The molecular formula is C21H29N7O2. The van der Waals surface area contributed by atoms with Gasteiger partial charge in [0, 0.05) is 44.5 Å². The van der Waals surface area contributed by atoms with Gasteiger partial charge in [-0.15, -0.1) is 0 Å². The number of aromatic nitrogens is 4. The molecule has 2 saturated heterocycles. The van der Waals surface area contributed by atoms with E-state index in [1.165, 1.54) is 0 Å². The van der Waals surface area contributed by atoms with Crippen LogP contribution in [0.25, 0.3) is 0 Å². The molecule has 0 spiro atoms. The summed E-state index contributed by atoms with van der Waals surface area (Å²) in [5.41, 5.74) is 1.15. The highest BCUT2D eigenvalue weighted by Gasteiger charge is 2.37. The number of anilines is 3. The predicted octanol–water partition coefficient (Wildman–Crippen LogP) is 1.66. The van der Waals surface area contributed by atoms with Crippen molar-refractivity contribution in [2.45, 2.75) is 38.8 Å². The van der Waals surface area contributed by atoms with Crippen molar-refractivity contribution < 1.29 is 4.74 Å². The molecule has 0 amide bonds. The molecule has 30 heavy (non-hydrogen) atoms. The van der Waals surface area contributed by atoms with Gasteiger partial charge in [-0.1, -0.05) is 13.0 Å². The van der Waals surface area contributed by atoms with E-state index in [0.29, 0.717) is 37.0 Å². The Kier molecular flexibility index (Phi) is 5.28. The van der Waals surface area contributed by atoms with Gasteiger partial charge in [0.1, 0.15) is 0 Å². The van der Waals surface area contributed by atoms with E-state index in [0.717, 1.165) is 57.7 Å². The quantitative estimate of drug-likeness (QED) is 0.795. The van der Waals surface area contributed by atoms with Gasteiger partial charge in [-0.25, -0.2) is 0 Å². The topological polar surface area (TPSA) is 88.4 Å². The third kappa shape index (κ3) is 3.62. The average Bonchev–Trinajstić information content (AvgIpc) is 3.07. The van der Waals surface area contributed by atoms with Crippen molar-refractivity contribution in [1.82, 2.24) is 19.5 Å². The SMILES string of the molecule is CCCNc1nc(N2CCOCC2)nc(N2CC3CCC2c2cccc(=O)n2C3)n1. The van der Waals surface area contributed by atoms with E-state index in [-0.39, 0.29) is 11.6 Å². The van der Waals surface area contributed by atoms with E-state index >= 15 is 0 Å². The maximum absolute atomic E-state index is 12.5. The molecule has 9 heteroatoms. The monoisotopic (exact) mass is 411 g/mol. The first-order chi connectivity index (χ1) is 14.7. The maximum atomic E-state index is 12.5. The Morgan fingerprint density at radius 2 is 1.93 bits per heavy atom. The van der Waals surface area contributed by atoms with Gasteiger partial charge < -0.3 is 24.4 Å². The summed E-state index contributed by atoms with van der Waals surface area (Å²) in [6.45, 7) is 7.49. The molecule has 0 aliphatic carbocycles. The highest BCUT2D eigenvalue weighted by Crippen LogP contribution is 2.39. The fraction of sp³-hybridized carbons (Fsp3) is 0.619. The van der Waals surface area contributed by atoms with Crippen molar-refractivity contribution in [3.63, 3.8) is 0 Å². The first-order valence-corrected chi connectivity index (χ1v) is 11.0. The van der Waals surface area contributed by atoms with Crippen LogP contribution in [-0.2, 0) is 11.3 Å². The molecule has 160 valence electrons. The minimum atomic E-state index is 0.0844. The van der Waals surface area contributed by atoms with Crippen LogP contribution in [0.5, 0.6) is 0 Å². The lowest BCUT2D eigenvalue weighted by Gasteiger charge is -2.37. The standard InChI is InChI=1S/C21H29N7O2/c1-2-8-22-19-23-20(26-9-11-30-12-10-26)25-21(24-19)28-14-15-6-7-17(28)16-4-3-5-18(29)27(16)13-15/h3-5,15,17H,2,6-14H2,1H3,(H,22,23,24,25). The highest BCUT2D eigenvalue weighted by atomic mass is 16.5. The van der Waals surface area contributed by atoms with Crippen molar-refractivity contribution >= 4 is 17.8 Å². The van der Waals surface area contributed by atoms with Gasteiger partial charge in [0.2, 0.25) is 17.8 Å². The second kappa shape index (κ2) is 8.22. The van der Waals surface area contributed by atoms with Gasteiger partial charge in [-0.2, -0.15) is 15.0 Å². The summed E-state index contributed by atoms with van der Waals surface area (Å²) in [4.78, 5) is 31.3. The summed E-state index contributed by atoms with van der Waals surface area (Å²) in [6.07, 6.45) is 3.12. The molecule has 2 bridgehead atoms. The van der Waals surface area contributed by atoms with Crippen LogP contribution in [0.15, 0.2) is 23.0 Å². The van der Waals surface area contributed by atoms with E-state index in [4.69, 9.17) is 14.7 Å². The van der Waals surface area contributed by atoms with Crippen molar-refractivity contribution in [3.8, 4) is 0 Å². The van der Waals surface area contributed by atoms with Gasteiger partial charge in [0.15, 0.2) is 0 Å². The molecule has 2 atom stereocenters. The zero-order valence-corrected chi connectivity index (χ0v) is 17.5. The first kappa shape index (κ1) is 19.3. The molecule has 0 radical (unpaired) electrons. The van der Waals surface area contributed by atoms with Crippen molar-refractivity contribution in [1.29, 1.82) is 0 Å². The third-order valence-corrected chi connectivity index (χ3v) is 6.24. The van der Waals surface area contributed by atoms with E-state index < -0.39 is 0 Å². The number of nitrogens with one attached hydrogen (secondary N) is 1. The van der Waals surface area contributed by atoms with Crippen LogP contribution >= 0.6 is 0 Å². The molecule has 4 aliphatic heterocycles. The van der Waals surface area contributed by atoms with E-state index in [1.54, 1.807) is 6.07 Å². The number of nitrogens with zero attached hydrogens (tertiary/aromatic N) is 6. The third-order valence-electron chi connectivity index (χ3n) is 6.24. The maximum Gasteiger partial charge on any atom is 0.250 e. The van der Waals surface area contributed by atoms with Gasteiger partial charge in [0.25, 0.3) is 5.56 Å². The molecule has 0 saturated carbocycles. The average molecular weight is 412 g/mol. The van der Waals surface area contributed by atoms with Crippen LogP contribution < -0.4 is 20.7 Å². The Morgan fingerprint density at radius 1 is 1.10 bits per heavy atom. The summed E-state index contributed by atoms with van der Waals surface area (Å²) < 4.78 is 7.45. The van der Waals surface area contributed by atoms with Gasteiger partial charge in [-0.05, 0) is 31.2 Å². The molecule has 2 fully saturated rings. The number of hydrogen-bond donors (Lipinski definition) is 1. The molecule has 2 unspecified atom stereocenters. The van der Waals surface area contributed by atoms with E-state index in [2.05, 4.69) is 33.1 Å². The van der Waals surface area contributed by atoms with Crippen molar-refractivity contribution in [2.24, 2.45) is 5.92 Å². The lowest BCUT2D eigenvalue weighted by molar-refractivity contribution is 0.122. The minimum absolute atomic E-state index is 0.0844. The minimum Gasteiger partial charge on any atom is -0.378 e. The molecule has 1 N–H and O–H groups in total. The molecule has 2 aromatic heterocycles. The van der Waals surface area contributed by atoms with Crippen LogP contribution in [-0.4, -0.2) is 58.9 Å². The van der Waals surface area contributed by atoms with E-state index in [1.807, 2.05) is 10.6 Å². The Balaban J connectivity index is 1.54. The second-order valence-electron chi connectivity index (χ2n) is 8.30. The molecule has 9 nitrogen and oxygen atoms in total. The molecular weight excluding hydrogens is 382 g/mol. The summed E-state index contributed by atoms with van der Waals surface area (Å²) in [5.74, 6) is 2.43. The number of pyridine rings is 1. The van der Waals surface area contributed by atoms with Gasteiger partial charge in [-0.3, -0.25) is 4.79 Å². The molecule has 4 aliphatic rings. The zero-order chi connectivity index (χ0) is 20.5. The number of fused-ring (bicyclic) bond motifs is 2. The zero-order valence-electron chi connectivity index (χ0n) is 17.5. The van der Waals surface area contributed by atoms with Gasteiger partial charge >= 0.3 is 0 Å². The van der Waals surface area contributed by atoms with Crippen LogP contribution in [0.2, 0.25) is 0 Å². The summed E-state index contributed by atoms with van der Waals surface area (Å²) in [6, 6.07) is 5.71. The van der Waals surface area contributed by atoms with Crippen LogP contribution in [0, 0.1) is 5.92 Å². The smallest absolute Gasteiger partial charge is 0.250 e. The molecule has 0 aromatic carbocycles. The number of morpholine rings is 1. The predicted molar refractivity (Wildman–Crippen MR) is 115 cm³/mol. The lowest BCUT2D eigenvalue weighted by atomic mass is 9.94. The Bertz CT molecular complexity index is 957. The number of rotatable bonds is 5. The summed E-state index contributed by atoms with van der Waals surface area (Å²) in [7, 11) is 0. The van der Waals surface area contributed by atoms with E-state index in [9.17, 15) is 4.79 Å². The van der Waals surface area contributed by atoms with Crippen LogP contribution in [0.3, 0.4) is 0 Å². The fourth-order valence-corrected chi connectivity index (χ4v) is 4.71. The fourth-order valence-electron chi connectivity index (χ4n) is 4.71. The largest absolute Gasteiger partial charge is 0.378 e. The second-order valence-corrected chi connectivity index (χ2v) is 8.30. The lowest BCUT2D eigenvalue weighted by Crippen LogP contribution is -2.40. The molecule has 6 heterocycles. The summed E-state index contributed by atoms with van der Waals surface area (Å²) >= 11 is 0. The van der Waals surface area contributed by atoms with Crippen LogP contribution in [0.4, 0.5) is 17.8 Å². The first-order valence-electron chi connectivity index (χ1n) is 11.0. The summed E-state index contributed by atoms with van der Waals surface area (Å²) in [5, 5.41) is 3.34. The highest BCUT2D eigenvalue weighted by molar-refractivity contribution is 5.47. The number of hydrogen-bond acceptors (Lipinski definition) is 8. The molecule has 6 rings (SSSR count). The molecule has 2 aromatic rings. The van der Waals surface area contributed by atoms with Crippen molar-refractivity contribution in [3.05, 3.63) is 34.2 Å². The Hall–Kier alpha value is -2.68. The van der Waals surface area contributed by atoms with Crippen molar-refractivity contribution in [2.75, 3.05) is 54.5 Å². The normalized spacial score (nSPS) is 23.2. The Morgan fingerprint density at radius 3 is 2.77 bits per heavy atom. The van der Waals surface area contributed by atoms with Crippen LogP contribution in [0.1, 0.15) is 37.9 Å². The Labute approximate surface area is 176 Å². The number of ether oxygens (including phenoxy) is 1.